The van der Waals surface area contributed by atoms with Gasteiger partial charge < -0.3 is 19.8 Å². The van der Waals surface area contributed by atoms with Gasteiger partial charge in [0.2, 0.25) is 0 Å². The number of rotatable bonds is 3. The first kappa shape index (κ1) is 15.0. The average Bonchev–Trinajstić information content (AvgIpc) is 2.26. The Morgan fingerprint density at radius 3 is 1.83 bits per heavy atom. The van der Waals surface area contributed by atoms with E-state index in [2.05, 4.69) is 0 Å². The van der Waals surface area contributed by atoms with Gasteiger partial charge in [-0.1, -0.05) is 40.5 Å². The number of carboxylic acids is 2. The number of aliphatic carboxylic acids is 2. The van der Waals surface area contributed by atoms with Gasteiger partial charge >= 0.3 is 0 Å². The monoisotopic (exact) mass is 254 g/mol. The zero-order valence-corrected chi connectivity index (χ0v) is 11.7. The molecule has 1 saturated carbocycles. The Morgan fingerprint density at radius 1 is 1.06 bits per heavy atom. The van der Waals surface area contributed by atoms with Gasteiger partial charge in [-0.3, -0.25) is 0 Å². The first-order valence-electron chi connectivity index (χ1n) is 6.58. The minimum absolute atomic E-state index is 0.264. The molecule has 0 unspecified atom stereocenters. The van der Waals surface area contributed by atoms with E-state index >= 15 is 0 Å². The van der Waals surface area contributed by atoms with Crippen LogP contribution in [0.5, 0.6) is 0 Å². The molecule has 0 amide bonds. The Balaban J connectivity index is 3.53. The summed E-state index contributed by atoms with van der Waals surface area (Å²) in [6, 6.07) is 0. The summed E-state index contributed by atoms with van der Waals surface area (Å²) in [5.41, 5.74) is -3.35. The second kappa shape index (κ2) is 4.56. The van der Waals surface area contributed by atoms with Gasteiger partial charge in [-0.05, 0) is 24.7 Å². The van der Waals surface area contributed by atoms with E-state index in [-0.39, 0.29) is 6.42 Å². The van der Waals surface area contributed by atoms with Crippen molar-refractivity contribution in [1.82, 2.24) is 0 Å². The molecule has 4 nitrogen and oxygen atoms in total. The Kier molecular flexibility index (Phi) is 3.80. The summed E-state index contributed by atoms with van der Waals surface area (Å²) in [7, 11) is 0. The SMILES string of the molecule is CC[C@]1(C(=O)[O-])CCCC[C@@]1(C(=O)[O-])C(C)(C)C. The molecule has 0 bridgehead atoms. The fraction of sp³-hybridized carbons (Fsp3) is 0.857. The van der Waals surface area contributed by atoms with Gasteiger partial charge in [0.1, 0.15) is 0 Å². The molecule has 0 spiro atoms. The van der Waals surface area contributed by atoms with E-state index < -0.39 is 28.2 Å². The van der Waals surface area contributed by atoms with Gasteiger partial charge in [-0.2, -0.15) is 0 Å². The van der Waals surface area contributed by atoms with Gasteiger partial charge in [0, 0.05) is 22.8 Å². The lowest BCUT2D eigenvalue weighted by Gasteiger charge is -2.61. The topological polar surface area (TPSA) is 80.3 Å². The smallest absolute Gasteiger partial charge is 0.0490 e. The predicted octanol–water partition coefficient (Wildman–Crippen LogP) is 0.489. The average molecular weight is 254 g/mol. The quantitative estimate of drug-likeness (QED) is 0.734. The largest absolute Gasteiger partial charge is 0.550 e. The molecule has 0 N–H and O–H groups in total. The van der Waals surface area contributed by atoms with Crippen LogP contribution in [-0.4, -0.2) is 11.9 Å². The van der Waals surface area contributed by atoms with Crippen LogP contribution in [0.4, 0.5) is 0 Å². The molecule has 0 heterocycles. The summed E-state index contributed by atoms with van der Waals surface area (Å²) < 4.78 is 0. The summed E-state index contributed by atoms with van der Waals surface area (Å²) in [5.74, 6) is -2.50. The van der Waals surface area contributed by atoms with E-state index in [4.69, 9.17) is 0 Å². The number of carbonyl (C=O) groups is 2. The van der Waals surface area contributed by atoms with Crippen LogP contribution in [0.15, 0.2) is 0 Å². The van der Waals surface area contributed by atoms with E-state index in [1.807, 2.05) is 0 Å². The van der Waals surface area contributed by atoms with E-state index in [1.54, 1.807) is 27.7 Å². The molecule has 1 fully saturated rings. The highest BCUT2D eigenvalue weighted by Crippen LogP contribution is 2.60. The Bertz CT molecular complexity index is 355. The summed E-state index contributed by atoms with van der Waals surface area (Å²) in [6.07, 6.45) is 2.42. The summed E-state index contributed by atoms with van der Waals surface area (Å²) >= 11 is 0. The third-order valence-corrected chi connectivity index (χ3v) is 4.85. The van der Waals surface area contributed by atoms with Crippen LogP contribution in [0.1, 0.15) is 59.8 Å². The Morgan fingerprint density at radius 2 is 1.56 bits per heavy atom. The third-order valence-electron chi connectivity index (χ3n) is 4.85. The zero-order valence-electron chi connectivity index (χ0n) is 11.7. The van der Waals surface area contributed by atoms with Crippen LogP contribution < -0.4 is 10.2 Å². The van der Waals surface area contributed by atoms with Crippen molar-refractivity contribution in [2.75, 3.05) is 0 Å². The van der Waals surface area contributed by atoms with Crippen molar-refractivity contribution in [3.8, 4) is 0 Å². The maximum absolute atomic E-state index is 11.8. The number of carboxylic acid groups (broad SMARTS) is 2. The highest BCUT2D eigenvalue weighted by Gasteiger charge is 2.59. The van der Waals surface area contributed by atoms with Crippen LogP contribution in [-0.2, 0) is 9.59 Å². The van der Waals surface area contributed by atoms with Crippen LogP contribution >= 0.6 is 0 Å². The van der Waals surface area contributed by atoms with Gasteiger partial charge in [-0.15, -0.1) is 0 Å². The predicted molar refractivity (Wildman–Crippen MR) is 63.1 cm³/mol. The second-order valence-electron chi connectivity index (χ2n) is 6.37. The van der Waals surface area contributed by atoms with Crippen molar-refractivity contribution >= 4 is 11.9 Å². The molecular formula is C14H22O4-2. The molecule has 18 heavy (non-hydrogen) atoms. The Hall–Kier alpha value is -1.06. The third kappa shape index (κ3) is 1.73. The molecule has 1 aliphatic rings. The minimum atomic E-state index is -1.36. The molecule has 2 atom stereocenters. The first-order chi connectivity index (χ1) is 8.15. The van der Waals surface area contributed by atoms with E-state index in [0.717, 1.165) is 12.8 Å². The molecule has 0 aliphatic heterocycles. The van der Waals surface area contributed by atoms with Crippen molar-refractivity contribution in [3.63, 3.8) is 0 Å². The molecule has 0 radical (unpaired) electrons. The minimum Gasteiger partial charge on any atom is -0.550 e. The molecule has 0 aromatic rings. The normalized spacial score (nSPS) is 33.1. The molecule has 1 rings (SSSR count). The lowest BCUT2D eigenvalue weighted by molar-refractivity contribution is -0.356. The number of hydrogen-bond acceptors (Lipinski definition) is 4. The molecular weight excluding hydrogens is 232 g/mol. The highest BCUT2D eigenvalue weighted by molar-refractivity contribution is 5.85. The summed E-state index contributed by atoms with van der Waals surface area (Å²) in [4.78, 5) is 23.5. The van der Waals surface area contributed by atoms with E-state index in [1.165, 1.54) is 0 Å². The molecule has 0 saturated heterocycles. The van der Waals surface area contributed by atoms with E-state index in [0.29, 0.717) is 12.8 Å². The molecule has 0 aromatic carbocycles. The molecule has 104 valence electrons. The van der Waals surface area contributed by atoms with Crippen LogP contribution in [0, 0.1) is 16.2 Å². The maximum Gasteiger partial charge on any atom is 0.0490 e. The fourth-order valence-electron chi connectivity index (χ4n) is 3.87. The number of hydrogen-bond donors (Lipinski definition) is 0. The molecule has 4 heteroatoms. The van der Waals surface area contributed by atoms with Gasteiger partial charge in [0.25, 0.3) is 0 Å². The standard InChI is InChI=1S/C14H24O4/c1-5-13(10(15)16)8-6-7-9-14(13,11(17)18)12(2,3)4/h5-9H2,1-4H3,(H,15,16)(H,17,18)/p-2/t13-,14-/m1/s1. The van der Waals surface area contributed by atoms with E-state index in [9.17, 15) is 19.8 Å². The lowest BCUT2D eigenvalue weighted by Crippen LogP contribution is -2.66. The van der Waals surface area contributed by atoms with Crippen molar-refractivity contribution in [2.45, 2.75) is 59.8 Å². The fourth-order valence-corrected chi connectivity index (χ4v) is 3.87. The van der Waals surface area contributed by atoms with Crippen molar-refractivity contribution in [2.24, 2.45) is 16.2 Å². The summed E-state index contributed by atoms with van der Waals surface area (Å²) in [5, 5.41) is 23.5. The van der Waals surface area contributed by atoms with Crippen molar-refractivity contribution in [1.29, 1.82) is 0 Å². The summed E-state index contributed by atoms with van der Waals surface area (Å²) in [6.45, 7) is 7.06. The maximum atomic E-state index is 11.8. The molecule has 0 aromatic heterocycles. The zero-order chi connectivity index (χ0) is 14.2. The van der Waals surface area contributed by atoms with Crippen molar-refractivity contribution < 1.29 is 19.8 Å². The highest BCUT2D eigenvalue weighted by atomic mass is 16.4. The van der Waals surface area contributed by atoms with Crippen LogP contribution in [0.25, 0.3) is 0 Å². The van der Waals surface area contributed by atoms with Gasteiger partial charge in [0.15, 0.2) is 0 Å². The number of carbonyl (C=O) groups excluding carboxylic acids is 2. The first-order valence-corrected chi connectivity index (χ1v) is 6.58. The van der Waals surface area contributed by atoms with Gasteiger partial charge in [0.05, 0.1) is 0 Å². The second-order valence-corrected chi connectivity index (χ2v) is 6.37. The van der Waals surface area contributed by atoms with Gasteiger partial charge in [-0.25, -0.2) is 0 Å². The lowest BCUT2D eigenvalue weighted by atomic mass is 9.46. The van der Waals surface area contributed by atoms with Crippen LogP contribution in [0.2, 0.25) is 0 Å². The Labute approximate surface area is 108 Å². The van der Waals surface area contributed by atoms with Crippen LogP contribution in [0.3, 0.4) is 0 Å². The van der Waals surface area contributed by atoms with Crippen molar-refractivity contribution in [3.05, 3.63) is 0 Å². The molecule has 1 aliphatic carbocycles.